The van der Waals surface area contributed by atoms with Crippen molar-refractivity contribution in [1.82, 2.24) is 4.31 Å². The number of Topliss-reactive ketones (excluding diaryl/α,β-unsaturated/α-hetero) is 1. The van der Waals surface area contributed by atoms with Crippen molar-refractivity contribution >= 4 is 15.8 Å². The number of carbonyl (C=O) groups excluding carboxylic acids is 1. The van der Waals surface area contributed by atoms with Gasteiger partial charge in [0.25, 0.3) is 0 Å². The molecule has 1 aromatic carbocycles. The van der Waals surface area contributed by atoms with Gasteiger partial charge in [-0.25, -0.2) is 8.42 Å². The van der Waals surface area contributed by atoms with Crippen molar-refractivity contribution in [3.8, 4) is 0 Å². The predicted octanol–water partition coefficient (Wildman–Crippen LogP) is 1.42. The maximum Gasteiger partial charge on any atom is 0.243 e. The zero-order chi connectivity index (χ0) is 14.8. The highest BCUT2D eigenvalue weighted by Gasteiger charge is 2.28. The molecule has 1 aliphatic rings. The third-order valence-corrected chi connectivity index (χ3v) is 5.43. The molecule has 0 saturated carbocycles. The first kappa shape index (κ1) is 15.2. The molecule has 0 bridgehead atoms. The van der Waals surface area contributed by atoms with Crippen LogP contribution in [-0.2, 0) is 10.0 Å². The van der Waals surface area contributed by atoms with E-state index in [-0.39, 0.29) is 10.7 Å². The number of piperidine rings is 1. The number of aliphatic hydroxyl groups is 1. The highest BCUT2D eigenvalue weighted by atomic mass is 32.2. The number of benzene rings is 1. The van der Waals surface area contributed by atoms with Crippen LogP contribution in [0.2, 0.25) is 0 Å². The molecule has 1 N–H and O–H groups in total. The quantitative estimate of drug-likeness (QED) is 0.853. The van der Waals surface area contributed by atoms with E-state index < -0.39 is 16.1 Å². The highest BCUT2D eigenvalue weighted by molar-refractivity contribution is 7.89. The summed E-state index contributed by atoms with van der Waals surface area (Å²) in [5.41, 5.74) is 0.422. The second-order valence-electron chi connectivity index (χ2n) is 4.94. The Balaban J connectivity index is 2.28. The molecule has 0 radical (unpaired) electrons. The zero-order valence-corrected chi connectivity index (χ0v) is 12.3. The molecule has 0 amide bonds. The summed E-state index contributed by atoms with van der Waals surface area (Å²) in [6, 6.07) is 6.17. The van der Waals surface area contributed by atoms with Crippen LogP contribution < -0.4 is 0 Å². The molecule has 1 heterocycles. The van der Waals surface area contributed by atoms with Crippen molar-refractivity contribution in [2.75, 3.05) is 13.1 Å². The SMILES string of the molecule is CCC(=O)c1cccc(S(=O)(=O)N2CCC(O)CC2)c1. The lowest BCUT2D eigenvalue weighted by atomic mass is 10.1. The molecule has 0 atom stereocenters. The number of rotatable bonds is 4. The molecule has 1 aliphatic heterocycles. The monoisotopic (exact) mass is 297 g/mol. The Labute approximate surface area is 119 Å². The normalized spacial score (nSPS) is 18.1. The minimum atomic E-state index is -3.58. The Kier molecular flexibility index (Phi) is 4.57. The van der Waals surface area contributed by atoms with E-state index in [1.165, 1.54) is 16.4 Å². The van der Waals surface area contributed by atoms with E-state index in [1.54, 1.807) is 19.1 Å². The summed E-state index contributed by atoms with van der Waals surface area (Å²) in [6.45, 7) is 2.38. The minimum absolute atomic E-state index is 0.0730. The molecule has 20 heavy (non-hydrogen) atoms. The van der Waals surface area contributed by atoms with E-state index >= 15 is 0 Å². The summed E-state index contributed by atoms with van der Waals surface area (Å²) in [5, 5.41) is 9.45. The van der Waals surface area contributed by atoms with Gasteiger partial charge in [-0.1, -0.05) is 19.1 Å². The molecular weight excluding hydrogens is 278 g/mol. The number of carbonyl (C=O) groups is 1. The molecule has 0 spiro atoms. The molecule has 0 unspecified atom stereocenters. The van der Waals surface area contributed by atoms with E-state index in [2.05, 4.69) is 0 Å². The molecule has 1 aromatic rings. The number of aliphatic hydroxyl groups excluding tert-OH is 1. The van der Waals surface area contributed by atoms with E-state index in [9.17, 15) is 18.3 Å². The Morgan fingerprint density at radius 3 is 2.60 bits per heavy atom. The van der Waals surface area contributed by atoms with Crippen molar-refractivity contribution in [2.24, 2.45) is 0 Å². The molecule has 1 saturated heterocycles. The van der Waals surface area contributed by atoms with Crippen LogP contribution in [0.15, 0.2) is 29.2 Å². The van der Waals surface area contributed by atoms with Gasteiger partial charge < -0.3 is 5.11 Å². The van der Waals surface area contributed by atoms with Crippen LogP contribution in [0.25, 0.3) is 0 Å². The van der Waals surface area contributed by atoms with Gasteiger partial charge in [0.15, 0.2) is 5.78 Å². The van der Waals surface area contributed by atoms with Gasteiger partial charge in [0, 0.05) is 25.1 Å². The average molecular weight is 297 g/mol. The summed E-state index contributed by atoms with van der Waals surface area (Å²) in [7, 11) is -3.58. The van der Waals surface area contributed by atoms with Crippen molar-refractivity contribution in [1.29, 1.82) is 0 Å². The molecule has 0 aliphatic carbocycles. The maximum absolute atomic E-state index is 12.5. The van der Waals surface area contributed by atoms with E-state index in [0.717, 1.165) is 0 Å². The van der Waals surface area contributed by atoms with Gasteiger partial charge in [-0.2, -0.15) is 4.31 Å². The lowest BCUT2D eigenvalue weighted by molar-refractivity contribution is 0.0988. The molecular formula is C14H19NO4S. The van der Waals surface area contributed by atoms with E-state index in [0.29, 0.717) is 37.9 Å². The molecule has 0 aromatic heterocycles. The van der Waals surface area contributed by atoms with Gasteiger partial charge in [-0.3, -0.25) is 4.79 Å². The van der Waals surface area contributed by atoms with Gasteiger partial charge >= 0.3 is 0 Å². The van der Waals surface area contributed by atoms with Crippen LogP contribution in [0.5, 0.6) is 0 Å². The molecule has 1 fully saturated rings. The number of ketones is 1. The number of hydrogen-bond acceptors (Lipinski definition) is 4. The second kappa shape index (κ2) is 6.03. The van der Waals surface area contributed by atoms with E-state index in [4.69, 9.17) is 0 Å². The Hall–Kier alpha value is -1.24. The first-order chi connectivity index (χ1) is 9.45. The standard InChI is InChI=1S/C14H19NO4S/c1-2-14(17)11-4-3-5-13(10-11)20(18,19)15-8-6-12(16)7-9-15/h3-5,10,12,16H,2,6-9H2,1H3. The van der Waals surface area contributed by atoms with Crippen molar-refractivity contribution in [3.05, 3.63) is 29.8 Å². The number of sulfonamides is 1. The topological polar surface area (TPSA) is 74.7 Å². The van der Waals surface area contributed by atoms with Crippen molar-refractivity contribution < 1.29 is 18.3 Å². The fourth-order valence-electron chi connectivity index (χ4n) is 2.27. The molecule has 5 nitrogen and oxygen atoms in total. The predicted molar refractivity (Wildman–Crippen MR) is 75.1 cm³/mol. The van der Waals surface area contributed by atoms with Crippen LogP contribution in [0.1, 0.15) is 36.5 Å². The minimum Gasteiger partial charge on any atom is -0.393 e. The third-order valence-electron chi connectivity index (χ3n) is 3.54. The summed E-state index contributed by atoms with van der Waals surface area (Å²) >= 11 is 0. The van der Waals surface area contributed by atoms with Crippen LogP contribution >= 0.6 is 0 Å². The highest BCUT2D eigenvalue weighted by Crippen LogP contribution is 2.21. The molecule has 2 rings (SSSR count). The maximum atomic E-state index is 12.5. The van der Waals surface area contributed by atoms with Gasteiger partial charge in [-0.05, 0) is 25.0 Å². The van der Waals surface area contributed by atoms with Gasteiger partial charge in [0.1, 0.15) is 0 Å². The lowest BCUT2D eigenvalue weighted by Gasteiger charge is -2.28. The fourth-order valence-corrected chi connectivity index (χ4v) is 3.78. The van der Waals surface area contributed by atoms with Crippen molar-refractivity contribution in [3.63, 3.8) is 0 Å². The van der Waals surface area contributed by atoms with Crippen LogP contribution in [0.3, 0.4) is 0 Å². The fraction of sp³-hybridized carbons (Fsp3) is 0.500. The Bertz CT molecular complexity index is 589. The summed E-state index contributed by atoms with van der Waals surface area (Å²) < 4.78 is 26.4. The van der Waals surface area contributed by atoms with Gasteiger partial charge in [0.05, 0.1) is 11.0 Å². The van der Waals surface area contributed by atoms with Crippen molar-refractivity contribution in [2.45, 2.75) is 37.2 Å². The van der Waals surface area contributed by atoms with E-state index in [1.807, 2.05) is 0 Å². The second-order valence-corrected chi connectivity index (χ2v) is 6.88. The first-order valence-corrected chi connectivity index (χ1v) is 8.20. The summed E-state index contributed by atoms with van der Waals surface area (Å²) in [6.07, 6.45) is 0.827. The molecule has 6 heteroatoms. The summed E-state index contributed by atoms with van der Waals surface area (Å²) in [5.74, 6) is -0.0730. The van der Waals surface area contributed by atoms with Crippen LogP contribution in [0.4, 0.5) is 0 Å². The molecule has 110 valence electrons. The van der Waals surface area contributed by atoms with Gasteiger partial charge in [-0.15, -0.1) is 0 Å². The summed E-state index contributed by atoms with van der Waals surface area (Å²) in [4.78, 5) is 11.8. The largest absolute Gasteiger partial charge is 0.393 e. The number of nitrogens with zero attached hydrogens (tertiary/aromatic N) is 1. The smallest absolute Gasteiger partial charge is 0.243 e. The average Bonchev–Trinajstić information content (AvgIpc) is 2.47. The van der Waals surface area contributed by atoms with Gasteiger partial charge in [0.2, 0.25) is 10.0 Å². The van der Waals surface area contributed by atoms with Crippen LogP contribution in [0, 0.1) is 0 Å². The Morgan fingerprint density at radius 1 is 1.35 bits per heavy atom. The Morgan fingerprint density at radius 2 is 2.00 bits per heavy atom. The lowest BCUT2D eigenvalue weighted by Crippen LogP contribution is -2.40. The van der Waals surface area contributed by atoms with Crippen LogP contribution in [-0.4, -0.2) is 42.8 Å². The first-order valence-electron chi connectivity index (χ1n) is 6.76. The number of hydrogen-bond donors (Lipinski definition) is 1. The third kappa shape index (κ3) is 3.08. The zero-order valence-electron chi connectivity index (χ0n) is 11.4.